The van der Waals surface area contributed by atoms with Crippen molar-refractivity contribution in [3.63, 3.8) is 0 Å². The smallest absolute Gasteiger partial charge is 0.264 e. The molecule has 0 saturated carbocycles. The van der Waals surface area contributed by atoms with Gasteiger partial charge >= 0.3 is 0 Å². The Morgan fingerprint density at radius 3 is 2.62 bits per heavy atom. The summed E-state index contributed by atoms with van der Waals surface area (Å²) >= 11 is 0. The third kappa shape index (κ3) is 5.48. The van der Waals surface area contributed by atoms with Gasteiger partial charge in [0, 0.05) is 12.1 Å². The van der Waals surface area contributed by atoms with Crippen molar-refractivity contribution in [2.45, 2.75) is 32.9 Å². The molecular weight excluding hydrogens is 437 g/mol. The molecule has 0 saturated heterocycles. The van der Waals surface area contributed by atoms with Gasteiger partial charge in [0.15, 0.2) is 5.65 Å². The number of fused-ring (bicyclic) bond motifs is 1. The van der Waals surface area contributed by atoms with Crippen LogP contribution < -0.4 is 15.6 Å². The van der Waals surface area contributed by atoms with Crippen LogP contribution in [0.5, 0.6) is 5.75 Å². The molecule has 0 unspecified atom stereocenters. The number of hydrogen-bond donors (Lipinski definition) is 1. The average Bonchev–Trinajstić information content (AvgIpc) is 3.26. The van der Waals surface area contributed by atoms with E-state index in [1.807, 2.05) is 0 Å². The first-order valence-corrected chi connectivity index (χ1v) is 11.2. The van der Waals surface area contributed by atoms with Gasteiger partial charge in [-0.2, -0.15) is 5.10 Å². The van der Waals surface area contributed by atoms with Gasteiger partial charge in [0.2, 0.25) is 0 Å². The van der Waals surface area contributed by atoms with E-state index in [2.05, 4.69) is 22.3 Å². The number of nitrogens with one attached hydrogen (secondary N) is 1. The molecule has 0 fully saturated rings. The van der Waals surface area contributed by atoms with E-state index in [1.165, 1.54) is 29.2 Å². The van der Waals surface area contributed by atoms with Gasteiger partial charge in [0.1, 0.15) is 23.3 Å². The number of rotatable bonds is 10. The van der Waals surface area contributed by atoms with Gasteiger partial charge in [-0.25, -0.2) is 14.1 Å². The Hall–Kier alpha value is -4.01. The number of amides is 1. The molecule has 4 aromatic rings. The standard InChI is InChI=1S/C25H26FN5O3/c1-2-3-14-34-21-10-6-19(7-11-21)24(32)27-12-13-31-23-22(15-29-31)25(33)30(17-28-23)16-18-4-8-20(26)9-5-18/h4-11,15,17H,2-3,12-14,16H2,1H3,(H,27,32). The third-order valence-electron chi connectivity index (χ3n) is 5.38. The van der Waals surface area contributed by atoms with Crippen molar-refractivity contribution >= 4 is 16.9 Å². The number of aromatic nitrogens is 4. The van der Waals surface area contributed by atoms with Crippen LogP contribution in [0.15, 0.2) is 65.8 Å². The second-order valence-electron chi connectivity index (χ2n) is 7.89. The van der Waals surface area contributed by atoms with Crippen molar-refractivity contribution in [2.75, 3.05) is 13.2 Å². The zero-order valence-electron chi connectivity index (χ0n) is 18.9. The highest BCUT2D eigenvalue weighted by atomic mass is 19.1. The minimum atomic E-state index is -0.327. The van der Waals surface area contributed by atoms with Gasteiger partial charge in [-0.3, -0.25) is 14.2 Å². The summed E-state index contributed by atoms with van der Waals surface area (Å²) in [5, 5.41) is 7.49. The Bertz CT molecular complexity index is 1310. The molecule has 0 spiro atoms. The molecule has 2 heterocycles. The van der Waals surface area contributed by atoms with Gasteiger partial charge in [0.05, 0.1) is 25.9 Å². The first kappa shape index (κ1) is 23.2. The summed E-state index contributed by atoms with van der Waals surface area (Å²) in [6, 6.07) is 13.0. The summed E-state index contributed by atoms with van der Waals surface area (Å²) in [7, 11) is 0. The molecule has 0 bridgehead atoms. The van der Waals surface area contributed by atoms with E-state index >= 15 is 0 Å². The van der Waals surface area contributed by atoms with Gasteiger partial charge in [-0.05, 0) is 48.4 Å². The van der Waals surface area contributed by atoms with Crippen LogP contribution in [0.4, 0.5) is 4.39 Å². The fourth-order valence-corrected chi connectivity index (χ4v) is 3.47. The van der Waals surface area contributed by atoms with Crippen LogP contribution in [0.25, 0.3) is 11.0 Å². The lowest BCUT2D eigenvalue weighted by atomic mass is 10.2. The Balaban J connectivity index is 1.35. The summed E-state index contributed by atoms with van der Waals surface area (Å²) in [6.45, 7) is 3.73. The number of benzene rings is 2. The topological polar surface area (TPSA) is 91.0 Å². The largest absolute Gasteiger partial charge is 0.494 e. The Labute approximate surface area is 196 Å². The minimum Gasteiger partial charge on any atom is -0.494 e. The molecule has 0 aliphatic rings. The minimum absolute atomic E-state index is 0.203. The number of hydrogen-bond acceptors (Lipinski definition) is 5. The van der Waals surface area contributed by atoms with Crippen LogP contribution in [0.1, 0.15) is 35.7 Å². The van der Waals surface area contributed by atoms with E-state index in [-0.39, 0.29) is 23.8 Å². The number of ether oxygens (including phenoxy) is 1. The van der Waals surface area contributed by atoms with Crippen LogP contribution >= 0.6 is 0 Å². The molecule has 8 nitrogen and oxygen atoms in total. The molecule has 9 heteroatoms. The summed E-state index contributed by atoms with van der Waals surface area (Å²) < 4.78 is 21.8. The molecule has 0 atom stereocenters. The van der Waals surface area contributed by atoms with Gasteiger partial charge in [-0.15, -0.1) is 0 Å². The van der Waals surface area contributed by atoms with Gasteiger partial charge < -0.3 is 10.1 Å². The summed E-state index contributed by atoms with van der Waals surface area (Å²) in [5.41, 5.74) is 1.55. The van der Waals surface area contributed by atoms with Crippen molar-refractivity contribution < 1.29 is 13.9 Å². The summed E-state index contributed by atoms with van der Waals surface area (Å²) in [6.07, 6.45) is 4.98. The fraction of sp³-hybridized carbons (Fsp3) is 0.280. The van der Waals surface area contributed by atoms with E-state index in [4.69, 9.17) is 4.74 Å². The van der Waals surface area contributed by atoms with Crippen molar-refractivity contribution in [2.24, 2.45) is 0 Å². The first-order valence-electron chi connectivity index (χ1n) is 11.2. The molecule has 1 N–H and O–H groups in total. The summed E-state index contributed by atoms with van der Waals surface area (Å²) in [4.78, 5) is 29.6. The molecule has 176 valence electrons. The molecule has 1 amide bonds. The van der Waals surface area contributed by atoms with E-state index in [0.29, 0.717) is 36.3 Å². The highest BCUT2D eigenvalue weighted by molar-refractivity contribution is 5.94. The maximum atomic E-state index is 13.1. The number of unbranched alkanes of at least 4 members (excludes halogenated alkanes) is 1. The second-order valence-corrected chi connectivity index (χ2v) is 7.89. The van der Waals surface area contributed by atoms with E-state index in [0.717, 1.165) is 24.2 Å². The van der Waals surface area contributed by atoms with Crippen LogP contribution in [-0.4, -0.2) is 38.4 Å². The van der Waals surface area contributed by atoms with E-state index in [9.17, 15) is 14.0 Å². The second kappa shape index (κ2) is 10.7. The third-order valence-corrected chi connectivity index (χ3v) is 5.38. The summed E-state index contributed by atoms with van der Waals surface area (Å²) in [5.74, 6) is 0.210. The Morgan fingerprint density at radius 1 is 1.12 bits per heavy atom. The highest BCUT2D eigenvalue weighted by Gasteiger charge is 2.11. The van der Waals surface area contributed by atoms with Gasteiger partial charge in [0.25, 0.3) is 11.5 Å². The molecule has 0 radical (unpaired) electrons. The van der Waals surface area contributed by atoms with Gasteiger partial charge in [-0.1, -0.05) is 25.5 Å². The lowest BCUT2D eigenvalue weighted by molar-refractivity contribution is 0.0952. The number of carbonyl (C=O) groups is 1. The zero-order valence-corrected chi connectivity index (χ0v) is 18.9. The predicted molar refractivity (Wildman–Crippen MR) is 126 cm³/mol. The van der Waals surface area contributed by atoms with E-state index < -0.39 is 0 Å². The molecular formula is C25H26FN5O3. The highest BCUT2D eigenvalue weighted by Crippen LogP contribution is 2.13. The van der Waals surface area contributed by atoms with Crippen LogP contribution in [0.3, 0.4) is 0 Å². The SMILES string of the molecule is CCCCOc1ccc(C(=O)NCCn2ncc3c(=O)n(Cc4ccc(F)cc4)cnc32)cc1. The maximum Gasteiger partial charge on any atom is 0.264 e. The molecule has 2 aromatic heterocycles. The molecule has 2 aromatic carbocycles. The Morgan fingerprint density at radius 2 is 1.88 bits per heavy atom. The molecule has 0 aliphatic heterocycles. The quantitative estimate of drug-likeness (QED) is 0.364. The fourth-order valence-electron chi connectivity index (χ4n) is 3.47. The molecule has 4 rings (SSSR count). The van der Waals surface area contributed by atoms with E-state index in [1.54, 1.807) is 41.1 Å². The van der Waals surface area contributed by atoms with Crippen LogP contribution in [0.2, 0.25) is 0 Å². The number of halogens is 1. The zero-order chi connectivity index (χ0) is 23.9. The first-order chi connectivity index (χ1) is 16.5. The molecule has 34 heavy (non-hydrogen) atoms. The van der Waals surface area contributed by atoms with Crippen molar-refractivity contribution in [1.82, 2.24) is 24.6 Å². The van der Waals surface area contributed by atoms with Crippen molar-refractivity contribution in [3.8, 4) is 5.75 Å². The Kier molecular flexibility index (Phi) is 7.31. The number of carbonyl (C=O) groups excluding carboxylic acids is 1. The monoisotopic (exact) mass is 463 g/mol. The average molecular weight is 464 g/mol. The molecule has 0 aliphatic carbocycles. The normalized spacial score (nSPS) is 11.0. The van der Waals surface area contributed by atoms with Crippen molar-refractivity contribution in [1.29, 1.82) is 0 Å². The van der Waals surface area contributed by atoms with Crippen LogP contribution in [-0.2, 0) is 13.1 Å². The predicted octanol–water partition coefficient (Wildman–Crippen LogP) is 3.39. The maximum absolute atomic E-state index is 13.1. The van der Waals surface area contributed by atoms with Crippen LogP contribution in [0, 0.1) is 5.82 Å². The lowest BCUT2D eigenvalue weighted by Crippen LogP contribution is -2.27. The number of nitrogens with zero attached hydrogens (tertiary/aromatic N) is 4. The lowest BCUT2D eigenvalue weighted by Gasteiger charge is -2.09. The van der Waals surface area contributed by atoms with Crippen molar-refractivity contribution in [3.05, 3.63) is 88.4 Å².